The summed E-state index contributed by atoms with van der Waals surface area (Å²) in [5.41, 5.74) is 2.98. The standard InChI is InChI=1S/C19H26N4O2/c1-14-17(15(2)25-22-14)8-9-18(24)21-13-16-7-6-10-20-19(16)23-11-4-3-5-12-23/h6-7,10H,3-5,8-9,11-13H2,1-2H3,(H,21,24). The van der Waals surface area contributed by atoms with Crippen LogP contribution >= 0.6 is 0 Å². The number of rotatable bonds is 6. The summed E-state index contributed by atoms with van der Waals surface area (Å²) in [5.74, 6) is 1.84. The van der Waals surface area contributed by atoms with Crippen molar-refractivity contribution in [1.29, 1.82) is 0 Å². The molecule has 0 aliphatic carbocycles. The van der Waals surface area contributed by atoms with Crippen molar-refractivity contribution in [3.63, 3.8) is 0 Å². The van der Waals surface area contributed by atoms with Gasteiger partial charge in [-0.25, -0.2) is 4.98 Å². The molecule has 3 rings (SSSR count). The van der Waals surface area contributed by atoms with Crippen LogP contribution < -0.4 is 10.2 Å². The predicted molar refractivity (Wildman–Crippen MR) is 96.4 cm³/mol. The van der Waals surface area contributed by atoms with Gasteiger partial charge in [0.25, 0.3) is 0 Å². The number of aryl methyl sites for hydroxylation is 2. The van der Waals surface area contributed by atoms with Gasteiger partial charge in [0.05, 0.1) is 5.69 Å². The molecule has 0 unspecified atom stereocenters. The minimum Gasteiger partial charge on any atom is -0.361 e. The molecular weight excluding hydrogens is 316 g/mol. The number of pyridine rings is 1. The molecule has 0 radical (unpaired) electrons. The van der Waals surface area contributed by atoms with Crippen LogP contribution in [0.4, 0.5) is 5.82 Å². The molecule has 0 aromatic carbocycles. The van der Waals surface area contributed by atoms with Gasteiger partial charge in [0.2, 0.25) is 5.91 Å². The molecule has 1 fully saturated rings. The predicted octanol–water partition coefficient (Wildman–Crippen LogP) is 2.93. The van der Waals surface area contributed by atoms with Crippen LogP contribution in [0, 0.1) is 13.8 Å². The molecule has 0 atom stereocenters. The monoisotopic (exact) mass is 342 g/mol. The molecule has 0 spiro atoms. The molecule has 1 aliphatic heterocycles. The highest BCUT2D eigenvalue weighted by Gasteiger charge is 2.16. The molecule has 0 bridgehead atoms. The lowest BCUT2D eigenvalue weighted by Crippen LogP contribution is -2.32. The van der Waals surface area contributed by atoms with E-state index in [0.717, 1.165) is 41.5 Å². The van der Waals surface area contributed by atoms with E-state index in [0.29, 0.717) is 19.4 Å². The lowest BCUT2D eigenvalue weighted by atomic mass is 10.1. The molecule has 0 saturated carbocycles. The van der Waals surface area contributed by atoms with Gasteiger partial charge in [-0.1, -0.05) is 11.2 Å². The van der Waals surface area contributed by atoms with E-state index < -0.39 is 0 Å². The first-order valence-electron chi connectivity index (χ1n) is 9.02. The Kier molecular flexibility index (Phi) is 5.68. The van der Waals surface area contributed by atoms with Crippen LogP contribution in [0.2, 0.25) is 0 Å². The minimum atomic E-state index is 0.0356. The molecule has 1 N–H and O–H groups in total. The van der Waals surface area contributed by atoms with E-state index >= 15 is 0 Å². The van der Waals surface area contributed by atoms with E-state index in [-0.39, 0.29) is 5.91 Å². The summed E-state index contributed by atoms with van der Waals surface area (Å²) < 4.78 is 5.14. The van der Waals surface area contributed by atoms with E-state index in [2.05, 4.69) is 20.4 Å². The molecule has 1 aliphatic rings. The van der Waals surface area contributed by atoms with Crippen LogP contribution in [-0.2, 0) is 17.8 Å². The van der Waals surface area contributed by atoms with Gasteiger partial charge in [0.1, 0.15) is 11.6 Å². The van der Waals surface area contributed by atoms with Gasteiger partial charge in [-0.3, -0.25) is 4.79 Å². The highest BCUT2D eigenvalue weighted by atomic mass is 16.5. The maximum absolute atomic E-state index is 12.2. The Morgan fingerprint density at radius 2 is 2.08 bits per heavy atom. The molecule has 6 heteroatoms. The first kappa shape index (κ1) is 17.5. The zero-order valence-corrected chi connectivity index (χ0v) is 15.0. The lowest BCUT2D eigenvalue weighted by Gasteiger charge is -2.29. The van der Waals surface area contributed by atoms with Crippen molar-refractivity contribution in [2.24, 2.45) is 0 Å². The summed E-state index contributed by atoms with van der Waals surface area (Å²) in [6.45, 7) is 6.39. The van der Waals surface area contributed by atoms with Crippen LogP contribution in [0.3, 0.4) is 0 Å². The molecule has 1 saturated heterocycles. The number of carbonyl (C=O) groups excluding carboxylic acids is 1. The molecule has 3 heterocycles. The smallest absolute Gasteiger partial charge is 0.220 e. The van der Waals surface area contributed by atoms with E-state index in [1.165, 1.54) is 19.3 Å². The Hall–Kier alpha value is -2.37. The summed E-state index contributed by atoms with van der Waals surface area (Å²) >= 11 is 0. The van der Waals surface area contributed by atoms with Crippen LogP contribution in [0.25, 0.3) is 0 Å². The maximum atomic E-state index is 12.2. The number of nitrogens with zero attached hydrogens (tertiary/aromatic N) is 3. The van der Waals surface area contributed by atoms with Gasteiger partial charge in [0.15, 0.2) is 0 Å². The first-order valence-corrected chi connectivity index (χ1v) is 9.02. The van der Waals surface area contributed by atoms with Gasteiger partial charge < -0.3 is 14.7 Å². The Labute approximate surface area is 148 Å². The Balaban J connectivity index is 1.55. The zero-order chi connectivity index (χ0) is 17.6. The molecular formula is C19H26N4O2. The van der Waals surface area contributed by atoms with E-state index in [1.54, 1.807) is 0 Å². The van der Waals surface area contributed by atoms with E-state index in [4.69, 9.17) is 4.52 Å². The number of aromatic nitrogens is 2. The van der Waals surface area contributed by atoms with Gasteiger partial charge >= 0.3 is 0 Å². The van der Waals surface area contributed by atoms with Crippen molar-refractivity contribution < 1.29 is 9.32 Å². The Morgan fingerprint density at radius 3 is 2.80 bits per heavy atom. The second kappa shape index (κ2) is 8.14. The van der Waals surface area contributed by atoms with Gasteiger partial charge in [-0.15, -0.1) is 0 Å². The van der Waals surface area contributed by atoms with Gasteiger partial charge in [-0.2, -0.15) is 0 Å². The summed E-state index contributed by atoms with van der Waals surface area (Å²) in [5, 5.41) is 6.95. The SMILES string of the molecule is Cc1noc(C)c1CCC(=O)NCc1cccnc1N1CCCCC1. The largest absolute Gasteiger partial charge is 0.361 e. The number of amides is 1. The highest BCUT2D eigenvalue weighted by molar-refractivity contribution is 5.76. The highest BCUT2D eigenvalue weighted by Crippen LogP contribution is 2.21. The molecule has 2 aromatic rings. The fourth-order valence-corrected chi connectivity index (χ4v) is 3.34. The topological polar surface area (TPSA) is 71.3 Å². The third kappa shape index (κ3) is 4.38. The number of hydrogen-bond donors (Lipinski definition) is 1. The number of nitrogens with one attached hydrogen (secondary N) is 1. The van der Waals surface area contributed by atoms with Crippen LogP contribution in [-0.4, -0.2) is 29.1 Å². The van der Waals surface area contributed by atoms with Crippen molar-refractivity contribution in [2.75, 3.05) is 18.0 Å². The fourth-order valence-electron chi connectivity index (χ4n) is 3.34. The average molecular weight is 342 g/mol. The molecule has 25 heavy (non-hydrogen) atoms. The van der Waals surface area contributed by atoms with E-state index in [9.17, 15) is 4.79 Å². The van der Waals surface area contributed by atoms with Gasteiger partial charge in [-0.05, 0) is 45.6 Å². The van der Waals surface area contributed by atoms with Crippen LogP contribution in [0.5, 0.6) is 0 Å². The fraction of sp³-hybridized carbons (Fsp3) is 0.526. The quantitative estimate of drug-likeness (QED) is 0.874. The maximum Gasteiger partial charge on any atom is 0.220 e. The van der Waals surface area contributed by atoms with Crippen molar-refractivity contribution in [1.82, 2.24) is 15.5 Å². The summed E-state index contributed by atoms with van der Waals surface area (Å²) in [6.07, 6.45) is 6.62. The summed E-state index contributed by atoms with van der Waals surface area (Å²) in [6, 6.07) is 3.98. The third-order valence-electron chi connectivity index (χ3n) is 4.78. The Bertz CT molecular complexity index is 700. The molecule has 1 amide bonds. The summed E-state index contributed by atoms with van der Waals surface area (Å²) in [4.78, 5) is 19.1. The average Bonchev–Trinajstić information content (AvgIpc) is 2.97. The number of carbonyl (C=O) groups is 1. The normalized spacial score (nSPS) is 14.6. The second-order valence-electron chi connectivity index (χ2n) is 6.61. The number of anilines is 1. The lowest BCUT2D eigenvalue weighted by molar-refractivity contribution is -0.121. The van der Waals surface area contributed by atoms with Crippen LogP contribution in [0.1, 0.15) is 48.3 Å². The van der Waals surface area contributed by atoms with Crippen LogP contribution in [0.15, 0.2) is 22.9 Å². The molecule has 6 nitrogen and oxygen atoms in total. The summed E-state index contributed by atoms with van der Waals surface area (Å²) in [7, 11) is 0. The minimum absolute atomic E-state index is 0.0356. The van der Waals surface area contributed by atoms with E-state index in [1.807, 2.05) is 32.2 Å². The van der Waals surface area contributed by atoms with Gasteiger partial charge in [0, 0.05) is 43.4 Å². The van der Waals surface area contributed by atoms with Crippen molar-refractivity contribution in [3.05, 3.63) is 40.9 Å². The second-order valence-corrected chi connectivity index (χ2v) is 6.61. The van der Waals surface area contributed by atoms with Crippen molar-refractivity contribution >= 4 is 11.7 Å². The molecule has 2 aromatic heterocycles. The number of piperidine rings is 1. The van der Waals surface area contributed by atoms with Crippen molar-refractivity contribution in [2.45, 2.75) is 52.5 Å². The Morgan fingerprint density at radius 1 is 1.28 bits per heavy atom. The zero-order valence-electron chi connectivity index (χ0n) is 15.0. The number of hydrogen-bond acceptors (Lipinski definition) is 5. The first-order chi connectivity index (χ1) is 12.1. The van der Waals surface area contributed by atoms with Crippen molar-refractivity contribution in [3.8, 4) is 0 Å². The molecule has 134 valence electrons. The third-order valence-corrected chi connectivity index (χ3v) is 4.78.